The lowest BCUT2D eigenvalue weighted by Crippen LogP contribution is -2.37. The van der Waals surface area contributed by atoms with Gasteiger partial charge in [-0.05, 0) is 47.9 Å². The predicted molar refractivity (Wildman–Crippen MR) is 145 cm³/mol. The van der Waals surface area contributed by atoms with Gasteiger partial charge in [-0.2, -0.15) is 5.26 Å². The van der Waals surface area contributed by atoms with Crippen LogP contribution in [0.3, 0.4) is 0 Å². The molecule has 0 amide bonds. The second-order valence-corrected chi connectivity index (χ2v) is 12.3. The summed E-state index contributed by atoms with van der Waals surface area (Å²) in [6.45, 7) is 5.77. The fraction of sp³-hybridized carbons (Fsp3) is 0.370. The van der Waals surface area contributed by atoms with Crippen molar-refractivity contribution in [2.45, 2.75) is 44.4 Å². The molecule has 2 aromatic carbocycles. The molecule has 0 saturated carbocycles. The molecule has 1 N–H and O–H groups in total. The number of nitriles is 1. The normalized spacial score (nSPS) is 18.9. The number of hydrogen-bond donors (Lipinski definition) is 1. The van der Waals surface area contributed by atoms with Crippen molar-refractivity contribution in [1.82, 2.24) is 9.97 Å². The monoisotopic (exact) mass is 553 g/mol. The molecule has 5 rings (SSSR count). The Morgan fingerprint density at radius 1 is 1.24 bits per heavy atom. The summed E-state index contributed by atoms with van der Waals surface area (Å²) in [7, 11) is -3.47. The lowest BCUT2D eigenvalue weighted by Gasteiger charge is -2.32. The molecule has 2 aliphatic rings. The molecular formula is C27H28ClN5O4S. The summed E-state index contributed by atoms with van der Waals surface area (Å²) < 4.78 is 36.7. The molecule has 198 valence electrons. The molecule has 38 heavy (non-hydrogen) atoms. The molecule has 2 atom stereocenters. The Hall–Kier alpha value is -3.39. The zero-order chi connectivity index (χ0) is 27.1. The van der Waals surface area contributed by atoms with Gasteiger partial charge >= 0.3 is 0 Å². The van der Waals surface area contributed by atoms with Crippen molar-refractivity contribution in [3.05, 3.63) is 76.1 Å². The van der Waals surface area contributed by atoms with E-state index in [1.165, 1.54) is 6.20 Å². The molecule has 2 aliphatic heterocycles. The fourth-order valence-electron chi connectivity index (χ4n) is 4.99. The Morgan fingerprint density at radius 3 is 2.63 bits per heavy atom. The van der Waals surface area contributed by atoms with Gasteiger partial charge in [0, 0.05) is 18.2 Å². The number of halogens is 1. The van der Waals surface area contributed by atoms with E-state index in [-0.39, 0.29) is 24.7 Å². The molecule has 2 bridgehead atoms. The second kappa shape index (κ2) is 10.1. The largest absolute Gasteiger partial charge is 0.487 e. The van der Waals surface area contributed by atoms with Crippen molar-refractivity contribution in [3.63, 3.8) is 0 Å². The maximum Gasteiger partial charge on any atom is 0.236 e. The van der Waals surface area contributed by atoms with Crippen molar-refractivity contribution in [2.75, 3.05) is 29.0 Å². The van der Waals surface area contributed by atoms with Gasteiger partial charge in [-0.15, -0.1) is 0 Å². The number of morpholine rings is 1. The van der Waals surface area contributed by atoms with E-state index >= 15 is 0 Å². The highest BCUT2D eigenvalue weighted by Crippen LogP contribution is 2.42. The van der Waals surface area contributed by atoms with Crippen LogP contribution in [-0.2, 0) is 26.8 Å². The van der Waals surface area contributed by atoms with Crippen LogP contribution in [0.25, 0.3) is 0 Å². The number of rotatable bonds is 8. The Labute approximate surface area is 227 Å². The highest BCUT2D eigenvalue weighted by Gasteiger charge is 2.41. The maximum absolute atomic E-state index is 11.4. The maximum atomic E-state index is 11.4. The topological polar surface area (TPSA) is 117 Å². The number of ether oxygens (including phenoxy) is 2. The van der Waals surface area contributed by atoms with Crippen LogP contribution in [0.1, 0.15) is 42.7 Å². The predicted octanol–water partition coefficient (Wildman–Crippen LogP) is 4.26. The lowest BCUT2D eigenvalue weighted by molar-refractivity contribution is 0.0991. The second-order valence-electron chi connectivity index (χ2n) is 10.1. The van der Waals surface area contributed by atoms with Crippen LogP contribution in [-0.4, -0.2) is 49.9 Å². The van der Waals surface area contributed by atoms with Gasteiger partial charge in [0.2, 0.25) is 16.0 Å². The van der Waals surface area contributed by atoms with E-state index in [2.05, 4.69) is 39.5 Å². The first-order valence-electron chi connectivity index (χ1n) is 12.2. The number of benzene rings is 2. The van der Waals surface area contributed by atoms with Crippen molar-refractivity contribution in [3.8, 4) is 11.8 Å². The van der Waals surface area contributed by atoms with E-state index in [1.807, 2.05) is 36.4 Å². The quantitative estimate of drug-likeness (QED) is 0.440. The molecule has 9 nitrogen and oxygen atoms in total. The summed E-state index contributed by atoms with van der Waals surface area (Å²) in [6, 6.07) is 15.9. The Balaban J connectivity index is 1.31. The summed E-state index contributed by atoms with van der Waals surface area (Å²) in [4.78, 5) is 10.3. The van der Waals surface area contributed by atoms with Crippen LogP contribution < -0.4 is 14.4 Å². The van der Waals surface area contributed by atoms with Crippen LogP contribution in [0.15, 0.2) is 48.7 Å². The van der Waals surface area contributed by atoms with Gasteiger partial charge in [0.1, 0.15) is 18.4 Å². The Bertz CT molecular complexity index is 1500. The third-order valence-corrected chi connectivity index (χ3v) is 7.89. The molecule has 2 fully saturated rings. The van der Waals surface area contributed by atoms with E-state index in [9.17, 15) is 13.7 Å². The number of sulfonamides is 1. The summed E-state index contributed by atoms with van der Waals surface area (Å²) in [6.07, 6.45) is 3.69. The number of nitrogens with one attached hydrogen (secondary N) is 1. The number of nitrogens with zero attached hydrogens (tertiary/aromatic N) is 4. The number of fused-ring (bicyclic) bond motifs is 2. The van der Waals surface area contributed by atoms with Crippen molar-refractivity contribution in [2.24, 2.45) is 0 Å². The molecule has 0 radical (unpaired) electrons. The van der Waals surface area contributed by atoms with E-state index < -0.39 is 15.4 Å². The smallest absolute Gasteiger partial charge is 0.236 e. The summed E-state index contributed by atoms with van der Waals surface area (Å²) in [5, 5.41) is 10.5. The minimum Gasteiger partial charge on any atom is -0.487 e. The van der Waals surface area contributed by atoms with Crippen molar-refractivity contribution in [1.29, 1.82) is 5.26 Å². The molecule has 3 aromatic rings. The molecule has 2 saturated heterocycles. The van der Waals surface area contributed by atoms with Crippen molar-refractivity contribution < 1.29 is 17.9 Å². The minimum atomic E-state index is -3.47. The summed E-state index contributed by atoms with van der Waals surface area (Å²) in [5.74, 6) is 0.635. The average Bonchev–Trinajstić information content (AvgIpc) is 3.50. The van der Waals surface area contributed by atoms with Crippen LogP contribution >= 0.6 is 11.6 Å². The van der Waals surface area contributed by atoms with Gasteiger partial charge < -0.3 is 14.4 Å². The number of hydrogen-bond acceptors (Lipinski definition) is 8. The standard InChI is InChI=1S/C27H28ClN5O4S/c1-27(2,19-10-17(13-29)25(24(28)11-19)33-14-23-12-21(33)16-37-23)18-4-6-22(7-5-18)36-15-20-8-9-30-26(31-20)32-38(3,34)35/h4-11,21,23H,12,14-16H2,1-3H3,(H,30,31,32). The summed E-state index contributed by atoms with van der Waals surface area (Å²) >= 11 is 6.79. The van der Waals surface area contributed by atoms with Gasteiger partial charge in [0.25, 0.3) is 0 Å². The fourth-order valence-corrected chi connectivity index (χ4v) is 5.75. The Kier molecular flexibility index (Phi) is 6.94. The average molecular weight is 554 g/mol. The van der Waals surface area contributed by atoms with Crippen LogP contribution in [0.5, 0.6) is 5.75 Å². The zero-order valence-corrected chi connectivity index (χ0v) is 22.9. The molecular weight excluding hydrogens is 526 g/mol. The van der Waals surface area contributed by atoms with Crippen molar-refractivity contribution >= 4 is 33.3 Å². The van der Waals surface area contributed by atoms with Gasteiger partial charge in [0.05, 0.1) is 47.0 Å². The molecule has 0 spiro atoms. The van der Waals surface area contributed by atoms with Crippen LogP contribution in [0.2, 0.25) is 5.02 Å². The molecule has 3 heterocycles. The summed E-state index contributed by atoms with van der Waals surface area (Å²) in [5.41, 5.74) is 3.47. The Morgan fingerprint density at radius 2 is 2.00 bits per heavy atom. The van der Waals surface area contributed by atoms with E-state index in [1.54, 1.807) is 6.07 Å². The SMILES string of the molecule is CC(C)(c1ccc(OCc2ccnc(NS(C)(=O)=O)n2)cc1)c1cc(Cl)c(N2CC3CC2CO3)c(C#N)c1. The van der Waals surface area contributed by atoms with Crippen LogP contribution in [0.4, 0.5) is 11.6 Å². The van der Waals surface area contributed by atoms with E-state index in [0.29, 0.717) is 28.6 Å². The zero-order valence-electron chi connectivity index (χ0n) is 21.3. The molecule has 11 heteroatoms. The van der Waals surface area contributed by atoms with Gasteiger partial charge in [-0.25, -0.2) is 18.4 Å². The first-order valence-corrected chi connectivity index (χ1v) is 14.5. The van der Waals surface area contributed by atoms with Crippen LogP contribution in [0, 0.1) is 11.3 Å². The highest BCUT2D eigenvalue weighted by molar-refractivity contribution is 7.91. The minimum absolute atomic E-state index is 0.00214. The van der Waals surface area contributed by atoms with E-state index in [0.717, 1.165) is 36.0 Å². The lowest BCUT2D eigenvalue weighted by atomic mass is 9.77. The third kappa shape index (κ3) is 5.41. The van der Waals surface area contributed by atoms with E-state index in [4.69, 9.17) is 21.1 Å². The molecule has 1 aromatic heterocycles. The van der Waals surface area contributed by atoms with Gasteiger partial charge in [-0.3, -0.25) is 4.72 Å². The number of anilines is 2. The molecule has 2 unspecified atom stereocenters. The van der Waals surface area contributed by atoms with Gasteiger partial charge in [-0.1, -0.05) is 37.6 Å². The highest BCUT2D eigenvalue weighted by atomic mass is 35.5. The molecule has 0 aliphatic carbocycles. The first-order chi connectivity index (χ1) is 18.0. The third-order valence-electron chi connectivity index (χ3n) is 7.05. The first kappa shape index (κ1) is 26.2. The number of aromatic nitrogens is 2. The van der Waals surface area contributed by atoms with Gasteiger partial charge in [0.15, 0.2) is 0 Å².